The second-order valence-electron chi connectivity index (χ2n) is 6.04. The molecule has 2 N–H and O–H groups in total. The van der Waals surface area contributed by atoms with E-state index < -0.39 is 58.6 Å². The molecule has 0 aliphatic carbocycles. The molecule has 0 spiro atoms. The zero-order valence-corrected chi connectivity index (χ0v) is 15.7. The summed E-state index contributed by atoms with van der Waals surface area (Å²) in [4.78, 5) is 14.1. The number of nitrogens with zero attached hydrogens (tertiary/aromatic N) is 2. The number of aromatic nitrogens is 3. The summed E-state index contributed by atoms with van der Waals surface area (Å²) in [6, 6.07) is 2.88. The maximum Gasteiger partial charge on any atom is 0.573 e. The van der Waals surface area contributed by atoms with Gasteiger partial charge < -0.3 is 14.8 Å². The van der Waals surface area contributed by atoms with Crippen molar-refractivity contribution in [2.24, 2.45) is 0 Å². The van der Waals surface area contributed by atoms with Gasteiger partial charge in [-0.05, 0) is 18.2 Å². The Morgan fingerprint density at radius 2 is 1.73 bits per heavy atom. The van der Waals surface area contributed by atoms with Crippen molar-refractivity contribution in [2.45, 2.75) is 12.5 Å². The average Bonchev–Trinajstić information content (AvgIpc) is 2.69. The molecule has 174 valence electrons. The van der Waals surface area contributed by atoms with Gasteiger partial charge in [-0.2, -0.15) is 27.8 Å². The molecule has 0 aliphatic rings. The number of benzene rings is 1. The van der Waals surface area contributed by atoms with Crippen molar-refractivity contribution >= 4 is 11.6 Å². The highest BCUT2D eigenvalue weighted by Crippen LogP contribution is 2.35. The first-order valence-electron chi connectivity index (χ1n) is 8.47. The molecule has 3 aromatic rings. The van der Waals surface area contributed by atoms with E-state index >= 15 is 0 Å². The summed E-state index contributed by atoms with van der Waals surface area (Å²) in [6.07, 6.45) is -7.79. The minimum Gasteiger partial charge on any atom is -0.450 e. The largest absolute Gasteiger partial charge is 0.573 e. The van der Waals surface area contributed by atoms with E-state index in [4.69, 9.17) is 4.74 Å². The number of anilines is 1. The fraction of sp³-hybridized carbons (Fsp3) is 0.111. The Balaban J connectivity index is 2.00. The molecule has 0 unspecified atom stereocenters. The third-order valence-corrected chi connectivity index (χ3v) is 3.74. The fourth-order valence-electron chi connectivity index (χ4n) is 2.44. The second-order valence-corrected chi connectivity index (χ2v) is 6.04. The van der Waals surface area contributed by atoms with E-state index in [1.54, 1.807) is 4.98 Å². The van der Waals surface area contributed by atoms with E-state index in [0.29, 0.717) is 18.3 Å². The molecular weight excluding hydrogens is 472 g/mol. The molecule has 0 radical (unpaired) electrons. The Morgan fingerprint density at radius 1 is 1.00 bits per heavy atom. The smallest absolute Gasteiger partial charge is 0.450 e. The minimum absolute atomic E-state index is 0.0542. The van der Waals surface area contributed by atoms with Crippen molar-refractivity contribution in [2.75, 3.05) is 5.32 Å². The van der Waals surface area contributed by atoms with Gasteiger partial charge in [0.2, 0.25) is 17.8 Å². The molecule has 0 bridgehead atoms. The number of halogens is 8. The summed E-state index contributed by atoms with van der Waals surface area (Å²) in [7, 11) is 0. The molecule has 33 heavy (non-hydrogen) atoms. The van der Waals surface area contributed by atoms with Crippen LogP contribution in [0.3, 0.4) is 0 Å². The molecule has 0 fully saturated rings. The van der Waals surface area contributed by atoms with Gasteiger partial charge in [-0.25, -0.2) is 9.37 Å². The number of nitrogens with one attached hydrogen (secondary N) is 2. The molecule has 1 aromatic carbocycles. The number of alkyl halides is 6. The van der Waals surface area contributed by atoms with Crippen molar-refractivity contribution in [1.29, 1.82) is 0 Å². The number of aromatic amines is 1. The Morgan fingerprint density at radius 3 is 2.30 bits per heavy atom. The first-order valence-corrected chi connectivity index (χ1v) is 8.47. The van der Waals surface area contributed by atoms with E-state index in [-0.39, 0.29) is 5.69 Å². The molecule has 15 heteroatoms. The molecule has 3 rings (SSSR count). The predicted molar refractivity (Wildman–Crippen MR) is 91.1 cm³/mol. The lowest BCUT2D eigenvalue weighted by Gasteiger charge is -2.13. The summed E-state index contributed by atoms with van der Waals surface area (Å²) < 4.78 is 113. The third kappa shape index (κ3) is 5.81. The number of H-pyrrole nitrogens is 1. The Labute approximate surface area is 178 Å². The summed E-state index contributed by atoms with van der Waals surface area (Å²) in [5.74, 6) is -7.61. The van der Waals surface area contributed by atoms with E-state index in [0.717, 1.165) is 18.5 Å². The van der Waals surface area contributed by atoms with E-state index in [2.05, 4.69) is 20.3 Å². The van der Waals surface area contributed by atoms with E-state index in [9.17, 15) is 39.9 Å². The van der Waals surface area contributed by atoms with Gasteiger partial charge in [-0.15, -0.1) is 13.2 Å². The standard InChI is InChI=1S/C18H8F8N4O3/c19-10-5-9(1-2-11(10)33-18(24,25)26)32-12-7-27-15(17(21,22)23)14(20)13(12)16(31)30-8-3-4-28-29-6-8/h1-7H,(H,28,30,31)/p+1. The highest BCUT2D eigenvalue weighted by Gasteiger charge is 2.45. The number of carbonyl (C=O) groups is 1. The lowest BCUT2D eigenvalue weighted by atomic mass is 10.1. The van der Waals surface area contributed by atoms with Crippen molar-refractivity contribution in [3.63, 3.8) is 0 Å². The van der Waals surface area contributed by atoms with Gasteiger partial charge in [0.05, 0.1) is 18.1 Å². The molecule has 0 aliphatic heterocycles. The first-order chi connectivity index (χ1) is 15.3. The van der Waals surface area contributed by atoms with Gasteiger partial charge in [0.25, 0.3) is 5.91 Å². The van der Waals surface area contributed by atoms with Crippen molar-refractivity contribution in [1.82, 2.24) is 10.2 Å². The Bertz CT molecular complexity index is 1170. The van der Waals surface area contributed by atoms with Crippen LogP contribution in [0.15, 0.2) is 42.9 Å². The summed E-state index contributed by atoms with van der Waals surface area (Å²) in [5, 5.41) is 8.95. The average molecular weight is 481 g/mol. The first kappa shape index (κ1) is 23.6. The highest BCUT2D eigenvalue weighted by molar-refractivity contribution is 6.06. The summed E-state index contributed by atoms with van der Waals surface area (Å²) in [6.45, 7) is 0. The van der Waals surface area contributed by atoms with Gasteiger partial charge in [0.15, 0.2) is 11.6 Å². The van der Waals surface area contributed by atoms with Gasteiger partial charge in [0, 0.05) is 6.07 Å². The van der Waals surface area contributed by atoms with Gasteiger partial charge in [-0.3, -0.25) is 4.79 Å². The van der Waals surface area contributed by atoms with Crippen LogP contribution in [0.1, 0.15) is 16.1 Å². The predicted octanol–water partition coefficient (Wildman–Crippen LogP) is 4.53. The van der Waals surface area contributed by atoms with Gasteiger partial charge in [-0.1, -0.05) is 0 Å². The molecule has 1 amide bonds. The van der Waals surface area contributed by atoms with Crippen LogP contribution in [-0.4, -0.2) is 22.5 Å². The van der Waals surface area contributed by atoms with Crippen LogP contribution in [0.4, 0.5) is 40.8 Å². The normalized spacial score (nSPS) is 11.8. The maximum absolute atomic E-state index is 14.7. The summed E-state index contributed by atoms with van der Waals surface area (Å²) >= 11 is 0. The van der Waals surface area contributed by atoms with Crippen LogP contribution in [0, 0.1) is 11.6 Å². The number of pyridine rings is 1. The SMILES string of the molecule is O=C(Nc1ccnnc1)c1c(Oc2ccc(OC(F)(F)F)c(F)c2)c[nH+]c(C(F)(F)F)c1F. The third-order valence-electron chi connectivity index (χ3n) is 3.74. The molecule has 0 saturated carbocycles. The van der Waals surface area contributed by atoms with Crippen molar-refractivity contribution in [3.8, 4) is 17.2 Å². The fourth-order valence-corrected chi connectivity index (χ4v) is 2.44. The number of hydrogen-bond acceptors (Lipinski definition) is 5. The number of carbonyl (C=O) groups excluding carboxylic acids is 1. The molecule has 2 heterocycles. The Hall–Kier alpha value is -4.04. The molecule has 2 aromatic heterocycles. The Kier molecular flexibility index (Phi) is 6.32. The zero-order valence-electron chi connectivity index (χ0n) is 15.7. The second kappa shape index (κ2) is 8.84. The molecule has 7 nitrogen and oxygen atoms in total. The topological polar surface area (TPSA) is 87.5 Å². The van der Waals surface area contributed by atoms with Gasteiger partial charge in [0.1, 0.15) is 11.3 Å². The van der Waals surface area contributed by atoms with Crippen LogP contribution in [0.2, 0.25) is 0 Å². The summed E-state index contributed by atoms with van der Waals surface area (Å²) in [5.41, 5.74) is -3.19. The van der Waals surface area contributed by atoms with Crippen LogP contribution >= 0.6 is 0 Å². The zero-order chi connectivity index (χ0) is 24.4. The van der Waals surface area contributed by atoms with Crippen molar-refractivity contribution in [3.05, 3.63) is 65.7 Å². The highest BCUT2D eigenvalue weighted by atomic mass is 19.4. The number of amides is 1. The number of ether oxygens (including phenoxy) is 2. The number of hydrogen-bond donors (Lipinski definition) is 1. The lowest BCUT2D eigenvalue weighted by molar-refractivity contribution is -0.429. The molecule has 0 saturated heterocycles. The monoisotopic (exact) mass is 481 g/mol. The van der Waals surface area contributed by atoms with Crippen LogP contribution in [-0.2, 0) is 6.18 Å². The minimum atomic E-state index is -5.22. The van der Waals surface area contributed by atoms with Crippen LogP contribution < -0.4 is 19.8 Å². The quantitative estimate of drug-likeness (QED) is 0.542. The van der Waals surface area contributed by atoms with Crippen LogP contribution in [0.5, 0.6) is 17.2 Å². The lowest BCUT2D eigenvalue weighted by Crippen LogP contribution is -2.27. The van der Waals surface area contributed by atoms with Crippen LogP contribution in [0.25, 0.3) is 0 Å². The van der Waals surface area contributed by atoms with E-state index in [1.165, 1.54) is 6.07 Å². The van der Waals surface area contributed by atoms with E-state index in [1.807, 2.05) is 0 Å². The maximum atomic E-state index is 14.7. The van der Waals surface area contributed by atoms with Crippen molar-refractivity contribution < 1.29 is 54.4 Å². The molecule has 0 atom stereocenters. The molecular formula is C18H9F8N4O3+. The van der Waals surface area contributed by atoms with Gasteiger partial charge >= 0.3 is 18.2 Å². The number of rotatable bonds is 5.